The van der Waals surface area contributed by atoms with Gasteiger partial charge in [-0.2, -0.15) is 0 Å². The number of rotatable bonds is 10. The van der Waals surface area contributed by atoms with Crippen LogP contribution < -0.4 is 20.1 Å². The van der Waals surface area contributed by atoms with E-state index in [1.165, 1.54) is 12.8 Å². The minimum Gasteiger partial charge on any atom is -0.493 e. The summed E-state index contributed by atoms with van der Waals surface area (Å²) in [5, 5.41) is 6.74. The van der Waals surface area contributed by atoms with Crippen LogP contribution in [0.25, 0.3) is 0 Å². The minimum atomic E-state index is 0. The molecule has 1 aromatic heterocycles. The lowest BCUT2D eigenvalue weighted by Crippen LogP contribution is -2.37. The molecule has 0 unspecified atom stereocenters. The molecule has 1 aliphatic carbocycles. The first kappa shape index (κ1) is 26.3. The highest BCUT2D eigenvalue weighted by Crippen LogP contribution is 2.35. The molecule has 1 fully saturated rings. The first-order chi connectivity index (χ1) is 15.1. The van der Waals surface area contributed by atoms with Crippen LogP contribution in [0, 0.1) is 5.92 Å². The number of nitrogens with one attached hydrogen (secondary N) is 2. The monoisotopic (exact) mass is 555 g/mol. The molecule has 0 spiro atoms. The van der Waals surface area contributed by atoms with Gasteiger partial charge in [0.25, 0.3) is 0 Å². The number of benzene rings is 1. The Hall–Kier alpha value is -1.97. The van der Waals surface area contributed by atoms with E-state index >= 15 is 0 Å². The Balaban J connectivity index is 0.00000363. The van der Waals surface area contributed by atoms with Crippen LogP contribution in [-0.2, 0) is 19.6 Å². The van der Waals surface area contributed by atoms with E-state index in [4.69, 9.17) is 14.5 Å². The van der Waals surface area contributed by atoms with Crippen molar-refractivity contribution in [2.24, 2.45) is 10.9 Å². The molecule has 2 N–H and O–H groups in total. The smallest absolute Gasteiger partial charge is 0.191 e. The number of ether oxygens (including phenoxy) is 2. The Morgan fingerprint density at radius 3 is 2.72 bits per heavy atom. The van der Waals surface area contributed by atoms with E-state index in [1.54, 1.807) is 7.11 Å². The van der Waals surface area contributed by atoms with Gasteiger partial charge in [-0.15, -0.1) is 24.0 Å². The lowest BCUT2D eigenvalue weighted by molar-refractivity contribution is 0.198. The van der Waals surface area contributed by atoms with Gasteiger partial charge in [-0.1, -0.05) is 26.0 Å². The van der Waals surface area contributed by atoms with Crippen molar-refractivity contribution in [3.05, 3.63) is 42.0 Å². The van der Waals surface area contributed by atoms with Crippen LogP contribution in [-0.4, -0.2) is 35.3 Å². The first-order valence-corrected chi connectivity index (χ1v) is 11.4. The molecule has 1 aromatic carbocycles. The number of aromatic nitrogens is 2. The van der Waals surface area contributed by atoms with Gasteiger partial charge in [0.1, 0.15) is 5.82 Å². The predicted molar refractivity (Wildman–Crippen MR) is 140 cm³/mol. The van der Waals surface area contributed by atoms with Crippen LogP contribution in [0.5, 0.6) is 11.5 Å². The molecule has 3 rings (SSSR count). The number of methoxy groups -OCH3 is 1. The second-order valence-electron chi connectivity index (χ2n) is 8.41. The summed E-state index contributed by atoms with van der Waals surface area (Å²) in [6.45, 7) is 9.36. The van der Waals surface area contributed by atoms with Crippen molar-refractivity contribution in [1.29, 1.82) is 0 Å². The van der Waals surface area contributed by atoms with Crippen LogP contribution in [0.3, 0.4) is 0 Å². The largest absolute Gasteiger partial charge is 0.493 e. The van der Waals surface area contributed by atoms with E-state index in [9.17, 15) is 0 Å². The molecule has 0 saturated heterocycles. The number of guanidine groups is 1. The maximum absolute atomic E-state index is 6.34. The van der Waals surface area contributed by atoms with Gasteiger partial charge < -0.3 is 24.7 Å². The van der Waals surface area contributed by atoms with Crippen molar-refractivity contribution in [3.63, 3.8) is 0 Å². The van der Waals surface area contributed by atoms with E-state index in [1.807, 2.05) is 24.5 Å². The minimum absolute atomic E-state index is 0. The van der Waals surface area contributed by atoms with Crippen molar-refractivity contribution >= 4 is 29.9 Å². The molecular weight excluding hydrogens is 517 g/mol. The lowest BCUT2D eigenvalue weighted by atomic mass is 10.1. The third-order valence-corrected chi connectivity index (χ3v) is 5.40. The maximum atomic E-state index is 6.34. The van der Waals surface area contributed by atoms with Gasteiger partial charge in [-0.05, 0) is 44.6 Å². The van der Waals surface area contributed by atoms with Gasteiger partial charge in [0, 0.05) is 31.0 Å². The van der Waals surface area contributed by atoms with Crippen LogP contribution in [0.4, 0.5) is 0 Å². The Kier molecular flexibility index (Phi) is 11.1. The Morgan fingerprint density at radius 2 is 2.03 bits per heavy atom. The highest BCUT2D eigenvalue weighted by atomic mass is 127. The fourth-order valence-corrected chi connectivity index (χ4v) is 3.89. The van der Waals surface area contributed by atoms with Crippen molar-refractivity contribution in [2.45, 2.75) is 72.2 Å². The van der Waals surface area contributed by atoms with Crippen LogP contribution >= 0.6 is 24.0 Å². The summed E-state index contributed by atoms with van der Waals surface area (Å²) < 4.78 is 14.1. The second kappa shape index (κ2) is 13.5. The third kappa shape index (κ3) is 7.56. The zero-order valence-electron chi connectivity index (χ0n) is 19.8. The molecule has 0 radical (unpaired) electrons. The molecule has 7 nitrogen and oxygen atoms in total. The van der Waals surface area contributed by atoms with Crippen molar-refractivity contribution < 1.29 is 9.47 Å². The fourth-order valence-electron chi connectivity index (χ4n) is 3.89. The number of hydrogen-bond acceptors (Lipinski definition) is 4. The van der Waals surface area contributed by atoms with Gasteiger partial charge in [-0.25, -0.2) is 9.98 Å². The first-order valence-electron chi connectivity index (χ1n) is 11.4. The summed E-state index contributed by atoms with van der Waals surface area (Å²) in [5.41, 5.74) is 1.03. The quantitative estimate of drug-likeness (QED) is 0.252. The Bertz CT molecular complexity index is 847. The summed E-state index contributed by atoms with van der Waals surface area (Å²) in [7, 11) is 1.69. The number of para-hydroxylation sites is 1. The number of imidazole rings is 1. The summed E-state index contributed by atoms with van der Waals surface area (Å²) in [5.74, 6) is 3.93. The zero-order chi connectivity index (χ0) is 22.1. The van der Waals surface area contributed by atoms with E-state index in [2.05, 4.69) is 47.0 Å². The molecule has 0 amide bonds. The van der Waals surface area contributed by atoms with Crippen molar-refractivity contribution in [2.75, 3.05) is 13.7 Å². The average molecular weight is 556 g/mol. The van der Waals surface area contributed by atoms with Crippen molar-refractivity contribution in [3.8, 4) is 11.5 Å². The molecule has 0 aliphatic heterocycles. The third-order valence-electron chi connectivity index (χ3n) is 5.40. The molecular formula is C24H38IN5O2. The SMILES string of the molecule is CCNC(=NCc1cccc(OC)c1OC1CCCC1)NCc1nccn1CC(C)C.I. The molecule has 0 atom stereocenters. The van der Waals surface area contributed by atoms with Gasteiger partial charge in [0.2, 0.25) is 0 Å². The van der Waals surface area contributed by atoms with Crippen molar-refractivity contribution in [1.82, 2.24) is 20.2 Å². The van der Waals surface area contributed by atoms with E-state index in [0.29, 0.717) is 19.0 Å². The molecule has 1 aliphatic rings. The predicted octanol–water partition coefficient (Wildman–Crippen LogP) is 4.74. The van der Waals surface area contributed by atoms with Crippen LogP contribution in [0.15, 0.2) is 35.6 Å². The molecule has 1 heterocycles. The molecule has 0 bridgehead atoms. The van der Waals surface area contributed by atoms with Crippen LogP contribution in [0.1, 0.15) is 57.8 Å². The summed E-state index contributed by atoms with van der Waals surface area (Å²) in [6.07, 6.45) is 8.83. The van der Waals surface area contributed by atoms with Gasteiger partial charge in [0.05, 0.1) is 26.3 Å². The number of nitrogens with zero attached hydrogens (tertiary/aromatic N) is 3. The number of hydrogen-bond donors (Lipinski definition) is 2. The topological polar surface area (TPSA) is 72.7 Å². The highest BCUT2D eigenvalue weighted by Gasteiger charge is 2.20. The van der Waals surface area contributed by atoms with Gasteiger partial charge in [-0.3, -0.25) is 0 Å². The van der Waals surface area contributed by atoms with Crippen LogP contribution in [0.2, 0.25) is 0 Å². The van der Waals surface area contributed by atoms with E-state index in [-0.39, 0.29) is 30.1 Å². The molecule has 1 saturated carbocycles. The lowest BCUT2D eigenvalue weighted by Gasteiger charge is -2.19. The molecule has 8 heteroatoms. The normalized spacial score (nSPS) is 14.3. The zero-order valence-corrected chi connectivity index (χ0v) is 22.1. The standard InChI is InChI=1S/C24H37N5O2.HI/c1-5-25-24(28-16-22-26-13-14-29(22)17-18(2)3)27-15-19-9-8-12-21(30-4)23(19)31-20-10-6-7-11-20;/h8-9,12-14,18,20H,5-7,10-11,15-17H2,1-4H3,(H2,25,27,28);1H. The number of halogens is 1. The fraction of sp³-hybridized carbons (Fsp3) is 0.583. The molecule has 178 valence electrons. The van der Waals surface area contributed by atoms with Gasteiger partial charge >= 0.3 is 0 Å². The number of aliphatic imine (C=N–C) groups is 1. The second-order valence-corrected chi connectivity index (χ2v) is 8.41. The summed E-state index contributed by atoms with van der Waals surface area (Å²) in [4.78, 5) is 9.30. The maximum Gasteiger partial charge on any atom is 0.191 e. The summed E-state index contributed by atoms with van der Waals surface area (Å²) in [6, 6.07) is 6.01. The Labute approximate surface area is 209 Å². The summed E-state index contributed by atoms with van der Waals surface area (Å²) >= 11 is 0. The van der Waals surface area contributed by atoms with E-state index in [0.717, 1.165) is 54.8 Å². The Morgan fingerprint density at radius 1 is 1.25 bits per heavy atom. The molecule has 2 aromatic rings. The molecule has 32 heavy (non-hydrogen) atoms. The van der Waals surface area contributed by atoms with Gasteiger partial charge in [0.15, 0.2) is 17.5 Å². The van der Waals surface area contributed by atoms with E-state index < -0.39 is 0 Å². The highest BCUT2D eigenvalue weighted by molar-refractivity contribution is 14.0. The average Bonchev–Trinajstić information content (AvgIpc) is 3.42.